The number of nitrogens with zero attached hydrogens (tertiary/aromatic N) is 1. The summed E-state index contributed by atoms with van der Waals surface area (Å²) in [5.74, 6) is 0.233. The van der Waals surface area contributed by atoms with Crippen LogP contribution in [0.25, 0.3) is 22.2 Å². The smallest absolute Gasteiger partial charge is 0.255 e. The van der Waals surface area contributed by atoms with Crippen molar-refractivity contribution >= 4 is 32.3 Å². The number of hydrogen-bond donors (Lipinski definition) is 1. The SMILES string of the molecule is CS(=O)(=O)c1cccc(NC(=O)c2ccc3noc(-c4ccccc4)c3c2)c1. The summed E-state index contributed by atoms with van der Waals surface area (Å²) in [6.45, 7) is 0. The van der Waals surface area contributed by atoms with Gasteiger partial charge >= 0.3 is 0 Å². The fourth-order valence-electron chi connectivity index (χ4n) is 2.89. The van der Waals surface area contributed by atoms with Gasteiger partial charge < -0.3 is 9.84 Å². The predicted molar refractivity (Wildman–Crippen MR) is 107 cm³/mol. The Balaban J connectivity index is 1.67. The van der Waals surface area contributed by atoms with Crippen molar-refractivity contribution in [1.29, 1.82) is 0 Å². The van der Waals surface area contributed by atoms with Crippen molar-refractivity contribution in [3.05, 3.63) is 78.4 Å². The summed E-state index contributed by atoms with van der Waals surface area (Å²) < 4.78 is 28.9. The molecule has 7 heteroatoms. The Morgan fingerprint density at radius 1 is 0.964 bits per heavy atom. The van der Waals surface area contributed by atoms with E-state index in [1.807, 2.05) is 30.3 Å². The molecule has 0 bridgehead atoms. The van der Waals surface area contributed by atoms with Crippen molar-refractivity contribution in [2.45, 2.75) is 4.90 Å². The van der Waals surface area contributed by atoms with E-state index in [2.05, 4.69) is 10.5 Å². The van der Waals surface area contributed by atoms with Crippen LogP contribution in [-0.4, -0.2) is 25.7 Å². The van der Waals surface area contributed by atoms with Gasteiger partial charge in [0.2, 0.25) is 0 Å². The Hall–Kier alpha value is -3.45. The molecule has 1 amide bonds. The number of nitrogens with one attached hydrogen (secondary N) is 1. The number of sulfone groups is 1. The highest BCUT2D eigenvalue weighted by molar-refractivity contribution is 7.90. The maximum Gasteiger partial charge on any atom is 0.255 e. The fourth-order valence-corrected chi connectivity index (χ4v) is 3.56. The molecule has 0 saturated heterocycles. The van der Waals surface area contributed by atoms with E-state index in [1.54, 1.807) is 30.3 Å². The highest BCUT2D eigenvalue weighted by Gasteiger charge is 2.15. The topological polar surface area (TPSA) is 89.3 Å². The lowest BCUT2D eigenvalue weighted by Crippen LogP contribution is -2.12. The van der Waals surface area contributed by atoms with Crippen LogP contribution in [0.5, 0.6) is 0 Å². The number of anilines is 1. The Kier molecular flexibility index (Phi) is 4.44. The maximum absolute atomic E-state index is 12.7. The molecular weight excluding hydrogens is 376 g/mol. The lowest BCUT2D eigenvalue weighted by molar-refractivity contribution is 0.102. The highest BCUT2D eigenvalue weighted by Crippen LogP contribution is 2.29. The van der Waals surface area contributed by atoms with Gasteiger partial charge in [-0.2, -0.15) is 0 Å². The standard InChI is InChI=1S/C21H16N2O4S/c1-28(25,26)17-9-5-8-16(13-17)22-21(24)15-10-11-19-18(12-15)20(27-23-19)14-6-3-2-4-7-14/h2-13H,1H3,(H,22,24). The molecule has 1 heterocycles. The van der Waals surface area contributed by atoms with E-state index in [0.717, 1.165) is 17.2 Å². The van der Waals surface area contributed by atoms with Crippen molar-refractivity contribution in [2.24, 2.45) is 0 Å². The number of carbonyl (C=O) groups is 1. The third-order valence-corrected chi connectivity index (χ3v) is 5.40. The molecule has 6 nitrogen and oxygen atoms in total. The fraction of sp³-hybridized carbons (Fsp3) is 0.0476. The summed E-state index contributed by atoms with van der Waals surface area (Å²) in [5.41, 5.74) is 2.33. The summed E-state index contributed by atoms with van der Waals surface area (Å²) in [4.78, 5) is 12.8. The van der Waals surface area contributed by atoms with Gasteiger partial charge in [0.25, 0.3) is 5.91 Å². The van der Waals surface area contributed by atoms with Gasteiger partial charge in [-0.15, -0.1) is 0 Å². The minimum Gasteiger partial charge on any atom is -0.355 e. The summed E-state index contributed by atoms with van der Waals surface area (Å²) >= 11 is 0. The third kappa shape index (κ3) is 3.52. The molecule has 0 aliphatic rings. The zero-order valence-corrected chi connectivity index (χ0v) is 15.7. The van der Waals surface area contributed by atoms with E-state index in [-0.39, 0.29) is 10.8 Å². The predicted octanol–water partition coefficient (Wildman–Crippen LogP) is 4.15. The molecule has 28 heavy (non-hydrogen) atoms. The minimum absolute atomic E-state index is 0.145. The number of carbonyl (C=O) groups excluding carboxylic acids is 1. The summed E-state index contributed by atoms with van der Waals surface area (Å²) in [6, 6.07) is 20.7. The van der Waals surface area contributed by atoms with Gasteiger partial charge in [-0.1, -0.05) is 41.6 Å². The van der Waals surface area contributed by atoms with Crippen LogP contribution in [0.3, 0.4) is 0 Å². The molecule has 0 spiro atoms. The molecule has 0 aliphatic heterocycles. The van der Waals surface area contributed by atoms with E-state index in [4.69, 9.17) is 4.52 Å². The molecular formula is C21H16N2O4S. The van der Waals surface area contributed by atoms with Crippen LogP contribution in [-0.2, 0) is 9.84 Å². The molecule has 0 fully saturated rings. The number of benzene rings is 3. The van der Waals surface area contributed by atoms with Crippen molar-refractivity contribution in [2.75, 3.05) is 11.6 Å². The second kappa shape index (κ2) is 6.94. The lowest BCUT2D eigenvalue weighted by Gasteiger charge is -2.07. The zero-order chi connectivity index (χ0) is 19.7. The molecule has 4 aromatic rings. The van der Waals surface area contributed by atoms with E-state index in [1.165, 1.54) is 12.1 Å². The second-order valence-corrected chi connectivity index (χ2v) is 8.38. The van der Waals surface area contributed by atoms with Crippen LogP contribution >= 0.6 is 0 Å². The van der Waals surface area contributed by atoms with Crippen LogP contribution in [0, 0.1) is 0 Å². The molecule has 0 radical (unpaired) electrons. The molecule has 0 atom stereocenters. The average molecular weight is 392 g/mol. The average Bonchev–Trinajstić information content (AvgIpc) is 3.11. The van der Waals surface area contributed by atoms with Crippen molar-refractivity contribution < 1.29 is 17.7 Å². The van der Waals surface area contributed by atoms with E-state index in [0.29, 0.717) is 22.5 Å². The van der Waals surface area contributed by atoms with Crippen molar-refractivity contribution in [3.63, 3.8) is 0 Å². The van der Waals surface area contributed by atoms with Gasteiger partial charge in [-0.05, 0) is 36.4 Å². The van der Waals surface area contributed by atoms with Crippen LogP contribution in [0.4, 0.5) is 5.69 Å². The first-order chi connectivity index (χ1) is 13.4. The van der Waals surface area contributed by atoms with E-state index in [9.17, 15) is 13.2 Å². The first kappa shape index (κ1) is 17.9. The van der Waals surface area contributed by atoms with Crippen LogP contribution in [0.1, 0.15) is 10.4 Å². The maximum atomic E-state index is 12.7. The molecule has 0 aliphatic carbocycles. The van der Waals surface area contributed by atoms with E-state index >= 15 is 0 Å². The Bertz CT molecular complexity index is 1280. The van der Waals surface area contributed by atoms with Crippen LogP contribution in [0.2, 0.25) is 0 Å². The monoisotopic (exact) mass is 392 g/mol. The summed E-state index contributed by atoms with van der Waals surface area (Å²) in [6.07, 6.45) is 1.12. The third-order valence-electron chi connectivity index (χ3n) is 4.29. The van der Waals surface area contributed by atoms with Crippen molar-refractivity contribution in [1.82, 2.24) is 5.16 Å². The van der Waals surface area contributed by atoms with Crippen molar-refractivity contribution in [3.8, 4) is 11.3 Å². The Labute approximate surface area is 161 Å². The van der Waals surface area contributed by atoms with Gasteiger partial charge in [-0.25, -0.2) is 8.42 Å². The zero-order valence-electron chi connectivity index (χ0n) is 14.9. The number of aromatic nitrogens is 1. The first-order valence-electron chi connectivity index (χ1n) is 8.48. The number of fused-ring (bicyclic) bond motifs is 1. The molecule has 0 unspecified atom stereocenters. The molecule has 1 N–H and O–H groups in total. The molecule has 1 aromatic heterocycles. The number of amides is 1. The van der Waals surface area contributed by atoms with Crippen LogP contribution in [0.15, 0.2) is 82.2 Å². The minimum atomic E-state index is -3.36. The molecule has 140 valence electrons. The molecule has 3 aromatic carbocycles. The highest BCUT2D eigenvalue weighted by atomic mass is 32.2. The van der Waals surface area contributed by atoms with E-state index < -0.39 is 9.84 Å². The largest absolute Gasteiger partial charge is 0.355 e. The van der Waals surface area contributed by atoms with Gasteiger partial charge in [0, 0.05) is 23.1 Å². The lowest BCUT2D eigenvalue weighted by atomic mass is 10.1. The van der Waals surface area contributed by atoms with Crippen LogP contribution < -0.4 is 5.32 Å². The van der Waals surface area contributed by atoms with Gasteiger partial charge in [0.15, 0.2) is 15.6 Å². The quantitative estimate of drug-likeness (QED) is 0.563. The molecule has 0 saturated carbocycles. The Morgan fingerprint density at radius 3 is 2.50 bits per heavy atom. The van der Waals surface area contributed by atoms with Gasteiger partial charge in [0.1, 0.15) is 5.52 Å². The Morgan fingerprint density at radius 2 is 1.75 bits per heavy atom. The normalized spacial score (nSPS) is 11.5. The van der Waals surface area contributed by atoms with Gasteiger partial charge in [0.05, 0.1) is 10.3 Å². The summed E-state index contributed by atoms with van der Waals surface area (Å²) in [5, 5.41) is 7.50. The van der Waals surface area contributed by atoms with Gasteiger partial charge in [-0.3, -0.25) is 4.79 Å². The molecule has 4 rings (SSSR count). The second-order valence-electron chi connectivity index (χ2n) is 6.36. The number of hydrogen-bond acceptors (Lipinski definition) is 5. The number of rotatable bonds is 4. The first-order valence-corrected chi connectivity index (χ1v) is 10.4. The summed E-state index contributed by atoms with van der Waals surface area (Å²) in [7, 11) is -3.36.